The number of anilines is 1. The second kappa shape index (κ2) is 5.89. The first kappa shape index (κ1) is 13.6. The Labute approximate surface area is 124 Å². The van der Waals surface area contributed by atoms with Crippen molar-refractivity contribution in [2.24, 2.45) is 0 Å². The van der Waals surface area contributed by atoms with E-state index < -0.39 is 0 Å². The van der Waals surface area contributed by atoms with E-state index in [2.05, 4.69) is 27.9 Å². The van der Waals surface area contributed by atoms with Gasteiger partial charge in [0.1, 0.15) is 5.82 Å². The van der Waals surface area contributed by atoms with Crippen molar-refractivity contribution in [3.63, 3.8) is 0 Å². The number of hydrogen-bond donors (Lipinski definition) is 1. The maximum atomic E-state index is 13.7. The Balaban J connectivity index is 2.16. The molecular formula is C14H12ClFIN. The van der Waals surface area contributed by atoms with E-state index in [0.29, 0.717) is 12.1 Å². The van der Waals surface area contributed by atoms with Crippen molar-refractivity contribution in [2.75, 3.05) is 5.32 Å². The second-order valence-corrected chi connectivity index (χ2v) is 5.68. The third kappa shape index (κ3) is 3.14. The molecule has 18 heavy (non-hydrogen) atoms. The lowest BCUT2D eigenvalue weighted by Crippen LogP contribution is -2.03. The van der Waals surface area contributed by atoms with Gasteiger partial charge in [0.2, 0.25) is 0 Å². The minimum atomic E-state index is -0.352. The largest absolute Gasteiger partial charge is 0.381 e. The smallest absolute Gasteiger partial charge is 0.146 e. The third-order valence-electron chi connectivity index (χ3n) is 2.70. The summed E-state index contributed by atoms with van der Waals surface area (Å²) in [5, 5.41) is 3.40. The third-order valence-corrected chi connectivity index (χ3v) is 3.66. The van der Waals surface area contributed by atoms with Crippen molar-refractivity contribution in [3.05, 3.63) is 61.9 Å². The van der Waals surface area contributed by atoms with Crippen LogP contribution in [0.5, 0.6) is 0 Å². The summed E-state index contributed by atoms with van der Waals surface area (Å²) in [6.45, 7) is 2.44. The zero-order valence-corrected chi connectivity index (χ0v) is 12.7. The van der Waals surface area contributed by atoms with Crippen LogP contribution in [0.1, 0.15) is 11.1 Å². The normalized spacial score (nSPS) is 10.4. The molecule has 4 heteroatoms. The molecule has 0 amide bonds. The maximum absolute atomic E-state index is 13.7. The van der Waals surface area contributed by atoms with Gasteiger partial charge in [-0.2, -0.15) is 0 Å². The molecule has 0 atom stereocenters. The molecule has 94 valence electrons. The van der Waals surface area contributed by atoms with Crippen molar-refractivity contribution in [1.29, 1.82) is 0 Å². The van der Waals surface area contributed by atoms with E-state index in [9.17, 15) is 4.39 Å². The molecule has 0 unspecified atom stereocenters. The van der Waals surface area contributed by atoms with E-state index >= 15 is 0 Å². The molecule has 0 saturated carbocycles. The first-order chi connectivity index (χ1) is 8.58. The molecule has 0 fully saturated rings. The Morgan fingerprint density at radius 3 is 2.83 bits per heavy atom. The van der Waals surface area contributed by atoms with Crippen LogP contribution in [0.2, 0.25) is 5.02 Å². The Bertz CT molecular complexity index is 570. The van der Waals surface area contributed by atoms with Crippen molar-refractivity contribution < 1.29 is 4.39 Å². The molecule has 1 N–H and O–H groups in total. The second-order valence-electron chi connectivity index (χ2n) is 4.03. The minimum absolute atomic E-state index is 0.161. The monoisotopic (exact) mass is 375 g/mol. The van der Waals surface area contributed by atoms with Crippen LogP contribution in [0.25, 0.3) is 0 Å². The van der Waals surface area contributed by atoms with Gasteiger partial charge in [-0.1, -0.05) is 29.8 Å². The van der Waals surface area contributed by atoms with Crippen molar-refractivity contribution in [1.82, 2.24) is 0 Å². The molecule has 0 aromatic heterocycles. The summed E-state index contributed by atoms with van der Waals surface area (Å²) in [5.41, 5.74) is 2.72. The molecule has 0 aliphatic rings. The van der Waals surface area contributed by atoms with E-state index in [0.717, 1.165) is 14.8 Å². The van der Waals surface area contributed by atoms with Gasteiger partial charge in [0, 0.05) is 21.4 Å². The Kier molecular flexibility index (Phi) is 4.45. The lowest BCUT2D eigenvalue weighted by Gasteiger charge is -2.11. The molecule has 2 aromatic rings. The van der Waals surface area contributed by atoms with Gasteiger partial charge in [-0.15, -0.1) is 0 Å². The fourth-order valence-electron chi connectivity index (χ4n) is 1.66. The predicted molar refractivity (Wildman–Crippen MR) is 82.6 cm³/mol. The summed E-state index contributed by atoms with van der Waals surface area (Å²) in [4.78, 5) is 0. The topological polar surface area (TPSA) is 12.0 Å². The van der Waals surface area contributed by atoms with Crippen molar-refractivity contribution in [2.45, 2.75) is 13.5 Å². The minimum Gasteiger partial charge on any atom is -0.381 e. The van der Waals surface area contributed by atoms with Gasteiger partial charge < -0.3 is 5.32 Å². The molecule has 0 spiro atoms. The van der Waals surface area contributed by atoms with Crippen LogP contribution in [0.15, 0.2) is 36.4 Å². The van der Waals surface area contributed by atoms with Gasteiger partial charge in [0.15, 0.2) is 0 Å². The zero-order valence-electron chi connectivity index (χ0n) is 9.81. The fourth-order valence-corrected chi connectivity index (χ4v) is 2.35. The summed E-state index contributed by atoms with van der Waals surface area (Å²) in [6.07, 6.45) is 0. The molecule has 0 radical (unpaired) electrons. The number of halogens is 3. The van der Waals surface area contributed by atoms with Crippen LogP contribution in [-0.4, -0.2) is 0 Å². The molecular weight excluding hydrogens is 364 g/mol. The summed E-state index contributed by atoms with van der Waals surface area (Å²) >= 11 is 8.00. The number of hydrogen-bond acceptors (Lipinski definition) is 1. The molecule has 0 saturated heterocycles. The van der Waals surface area contributed by atoms with E-state index in [4.69, 9.17) is 11.6 Å². The molecule has 0 aliphatic heterocycles. The van der Waals surface area contributed by atoms with E-state index in [1.807, 2.05) is 25.1 Å². The van der Waals surface area contributed by atoms with Crippen molar-refractivity contribution >= 4 is 39.9 Å². The quantitative estimate of drug-likeness (QED) is 0.744. The van der Waals surface area contributed by atoms with Gasteiger partial charge in [-0.05, 0) is 53.3 Å². The standard InChI is InChI=1S/C14H12ClFIN/c1-9-5-6-11(17)7-13(9)18-8-10-3-2-4-12(15)14(10)16/h2-7,18H,8H2,1H3. The van der Waals surface area contributed by atoms with Crippen LogP contribution in [0.4, 0.5) is 10.1 Å². The van der Waals surface area contributed by atoms with E-state index in [-0.39, 0.29) is 10.8 Å². The number of nitrogens with one attached hydrogen (secondary N) is 1. The lowest BCUT2D eigenvalue weighted by atomic mass is 10.1. The van der Waals surface area contributed by atoms with Crippen LogP contribution in [0, 0.1) is 16.3 Å². The van der Waals surface area contributed by atoms with Gasteiger partial charge in [0.05, 0.1) is 5.02 Å². The van der Waals surface area contributed by atoms with Crippen molar-refractivity contribution in [3.8, 4) is 0 Å². The molecule has 0 aliphatic carbocycles. The molecule has 0 bridgehead atoms. The van der Waals surface area contributed by atoms with Gasteiger partial charge in [-0.3, -0.25) is 0 Å². The first-order valence-electron chi connectivity index (χ1n) is 5.51. The number of benzene rings is 2. The van der Waals surface area contributed by atoms with Gasteiger partial charge >= 0.3 is 0 Å². The Hall–Kier alpha value is -0.810. The average molecular weight is 376 g/mol. The Morgan fingerprint density at radius 1 is 1.28 bits per heavy atom. The highest BCUT2D eigenvalue weighted by atomic mass is 127. The molecule has 2 rings (SSSR count). The molecule has 0 heterocycles. The highest BCUT2D eigenvalue weighted by molar-refractivity contribution is 14.1. The Morgan fingerprint density at radius 2 is 2.06 bits per heavy atom. The van der Waals surface area contributed by atoms with Gasteiger partial charge in [-0.25, -0.2) is 4.39 Å². The molecule has 1 nitrogen and oxygen atoms in total. The summed E-state index contributed by atoms with van der Waals surface area (Å²) < 4.78 is 14.9. The summed E-state index contributed by atoms with van der Waals surface area (Å²) in [5.74, 6) is -0.352. The van der Waals surface area contributed by atoms with Gasteiger partial charge in [0.25, 0.3) is 0 Å². The zero-order chi connectivity index (χ0) is 13.1. The summed E-state index contributed by atoms with van der Waals surface area (Å²) in [7, 11) is 0. The highest BCUT2D eigenvalue weighted by Gasteiger charge is 2.06. The lowest BCUT2D eigenvalue weighted by molar-refractivity contribution is 0.613. The van der Waals surface area contributed by atoms with E-state index in [1.54, 1.807) is 18.2 Å². The molecule has 2 aromatic carbocycles. The van der Waals surface area contributed by atoms with Crippen LogP contribution >= 0.6 is 34.2 Å². The summed E-state index contributed by atoms with van der Waals surface area (Å²) in [6, 6.07) is 11.2. The number of aryl methyl sites for hydroxylation is 1. The highest BCUT2D eigenvalue weighted by Crippen LogP contribution is 2.21. The average Bonchev–Trinajstić information content (AvgIpc) is 2.35. The first-order valence-corrected chi connectivity index (χ1v) is 6.96. The van der Waals surface area contributed by atoms with Crippen LogP contribution in [0.3, 0.4) is 0 Å². The predicted octanol–water partition coefficient (Wildman–Crippen LogP) is 5.00. The van der Waals surface area contributed by atoms with Crippen LogP contribution in [-0.2, 0) is 6.54 Å². The van der Waals surface area contributed by atoms with Crippen LogP contribution < -0.4 is 5.32 Å². The fraction of sp³-hybridized carbons (Fsp3) is 0.143. The maximum Gasteiger partial charge on any atom is 0.146 e. The SMILES string of the molecule is Cc1ccc(I)cc1NCc1cccc(Cl)c1F. The number of rotatable bonds is 3. The van der Waals surface area contributed by atoms with E-state index in [1.165, 1.54) is 0 Å².